The number of rotatable bonds is 10. The van der Waals surface area contributed by atoms with Gasteiger partial charge in [0.25, 0.3) is 0 Å². The van der Waals surface area contributed by atoms with Gasteiger partial charge in [-0.05, 0) is 20.9 Å². The van der Waals surface area contributed by atoms with Crippen molar-refractivity contribution < 1.29 is 14.3 Å². The predicted molar refractivity (Wildman–Crippen MR) is 69.2 cm³/mol. The Balaban J connectivity index is 3.39. The zero-order valence-corrected chi connectivity index (χ0v) is 11.9. The number of hydrogen-bond acceptors (Lipinski definition) is 4. The highest BCUT2D eigenvalue weighted by Gasteiger charge is 2.07. The molecule has 102 valence electrons. The summed E-state index contributed by atoms with van der Waals surface area (Å²) < 4.78 is 10.8. The lowest BCUT2D eigenvalue weighted by Crippen LogP contribution is -2.28. The molecule has 0 aromatic heterocycles. The van der Waals surface area contributed by atoms with Crippen molar-refractivity contribution >= 4 is 5.78 Å². The Kier molecular flexibility index (Phi) is 9.31. The third-order valence-corrected chi connectivity index (χ3v) is 2.43. The number of carbonyl (C=O) groups is 1. The normalized spacial score (nSPS) is 11.8. The lowest BCUT2D eigenvalue weighted by molar-refractivity contribution is -0.126. The zero-order valence-electron chi connectivity index (χ0n) is 11.9. The molecule has 0 N–H and O–H groups in total. The van der Waals surface area contributed by atoms with Crippen molar-refractivity contribution in [3.05, 3.63) is 0 Å². The van der Waals surface area contributed by atoms with Gasteiger partial charge in [0.2, 0.25) is 0 Å². The Bertz CT molecular complexity index is 205. The molecule has 0 aromatic carbocycles. The fourth-order valence-electron chi connectivity index (χ4n) is 1.12. The topological polar surface area (TPSA) is 38.8 Å². The summed E-state index contributed by atoms with van der Waals surface area (Å²) in [5, 5.41) is 0. The van der Waals surface area contributed by atoms with Gasteiger partial charge < -0.3 is 14.4 Å². The van der Waals surface area contributed by atoms with Crippen LogP contribution in [0.3, 0.4) is 0 Å². The number of ketones is 1. The van der Waals surface area contributed by atoms with Gasteiger partial charge in [-0.25, -0.2) is 0 Å². The molecule has 0 aromatic rings. The van der Waals surface area contributed by atoms with E-state index in [9.17, 15) is 4.79 Å². The van der Waals surface area contributed by atoms with E-state index in [2.05, 4.69) is 4.90 Å². The first-order valence-electron chi connectivity index (χ1n) is 6.34. The molecule has 0 saturated heterocycles. The molecular weight excluding hydrogens is 218 g/mol. The van der Waals surface area contributed by atoms with Crippen LogP contribution in [-0.4, -0.2) is 56.7 Å². The van der Waals surface area contributed by atoms with E-state index in [1.165, 1.54) is 0 Å². The Morgan fingerprint density at radius 1 is 1.12 bits per heavy atom. The fourth-order valence-corrected chi connectivity index (χ4v) is 1.12. The fraction of sp³-hybridized carbons (Fsp3) is 0.923. The van der Waals surface area contributed by atoms with E-state index in [1.54, 1.807) is 0 Å². The summed E-state index contributed by atoms with van der Waals surface area (Å²) in [6.07, 6.45) is 0.281. The van der Waals surface area contributed by atoms with Crippen molar-refractivity contribution in [2.75, 3.05) is 40.0 Å². The second-order valence-corrected chi connectivity index (χ2v) is 4.90. The number of likely N-dealkylation sites (N-methyl/N-ethyl adjacent to an activating group) is 1. The molecule has 0 radical (unpaired) electrons. The van der Waals surface area contributed by atoms with Gasteiger partial charge in [0.05, 0.1) is 19.3 Å². The Labute approximate surface area is 105 Å². The quantitative estimate of drug-likeness (QED) is 0.548. The van der Waals surface area contributed by atoms with Crippen molar-refractivity contribution in [3.63, 3.8) is 0 Å². The maximum absolute atomic E-state index is 11.3. The van der Waals surface area contributed by atoms with E-state index >= 15 is 0 Å². The summed E-state index contributed by atoms with van der Waals surface area (Å²) in [5.41, 5.74) is 0. The van der Waals surface area contributed by atoms with Crippen LogP contribution < -0.4 is 0 Å². The summed E-state index contributed by atoms with van der Waals surface area (Å²) in [5.74, 6) is 0.225. The lowest BCUT2D eigenvalue weighted by Gasteiger charge is -2.17. The summed E-state index contributed by atoms with van der Waals surface area (Å²) >= 11 is 0. The van der Waals surface area contributed by atoms with E-state index in [0.29, 0.717) is 6.61 Å². The molecule has 0 aliphatic carbocycles. The minimum atomic E-state index is 0.0622. The van der Waals surface area contributed by atoms with Gasteiger partial charge >= 0.3 is 0 Å². The molecule has 0 amide bonds. The monoisotopic (exact) mass is 245 g/mol. The van der Waals surface area contributed by atoms with Crippen molar-refractivity contribution in [2.45, 2.75) is 33.8 Å². The van der Waals surface area contributed by atoms with Gasteiger partial charge in [0.15, 0.2) is 5.78 Å². The van der Waals surface area contributed by atoms with E-state index in [4.69, 9.17) is 9.47 Å². The molecule has 0 rings (SSSR count). The van der Waals surface area contributed by atoms with Crippen LogP contribution in [0.1, 0.15) is 27.7 Å². The van der Waals surface area contributed by atoms with Gasteiger partial charge in [-0.15, -0.1) is 0 Å². The maximum Gasteiger partial charge on any atom is 0.160 e. The standard InChI is InChI=1S/C13H27NO3/c1-11(2)13(15)10-16-8-6-14(5)7-9-17-12(3)4/h11-12H,6-10H2,1-5H3. The Morgan fingerprint density at radius 3 is 2.24 bits per heavy atom. The molecule has 17 heavy (non-hydrogen) atoms. The summed E-state index contributed by atoms with van der Waals surface area (Å²) in [4.78, 5) is 13.4. The van der Waals surface area contributed by atoms with Crippen LogP contribution in [0.4, 0.5) is 0 Å². The van der Waals surface area contributed by atoms with Gasteiger partial charge in [0.1, 0.15) is 6.61 Å². The third kappa shape index (κ3) is 10.4. The van der Waals surface area contributed by atoms with Crippen molar-refractivity contribution in [3.8, 4) is 0 Å². The molecule has 0 fully saturated rings. The number of Topliss-reactive ketones (excluding diaryl/α,β-unsaturated/α-hetero) is 1. The average Bonchev–Trinajstić information content (AvgIpc) is 2.23. The van der Waals surface area contributed by atoms with E-state index in [1.807, 2.05) is 34.7 Å². The largest absolute Gasteiger partial charge is 0.377 e. The van der Waals surface area contributed by atoms with E-state index < -0.39 is 0 Å². The minimum absolute atomic E-state index is 0.0622. The number of nitrogens with zero attached hydrogens (tertiary/aromatic N) is 1. The van der Waals surface area contributed by atoms with Gasteiger partial charge in [-0.2, -0.15) is 0 Å². The first-order valence-corrected chi connectivity index (χ1v) is 6.34. The van der Waals surface area contributed by atoms with Crippen molar-refractivity contribution in [2.24, 2.45) is 5.92 Å². The molecule has 4 nitrogen and oxygen atoms in total. The molecule has 4 heteroatoms. The lowest BCUT2D eigenvalue weighted by atomic mass is 10.1. The van der Waals surface area contributed by atoms with Crippen molar-refractivity contribution in [1.82, 2.24) is 4.90 Å². The summed E-state index contributed by atoms with van der Waals surface area (Å²) in [6.45, 7) is 11.1. The number of ether oxygens (including phenoxy) is 2. The van der Waals surface area contributed by atoms with Crippen LogP contribution >= 0.6 is 0 Å². The highest BCUT2D eigenvalue weighted by Crippen LogP contribution is 1.95. The number of carbonyl (C=O) groups excluding carboxylic acids is 1. The van der Waals surface area contributed by atoms with E-state index in [0.717, 1.165) is 19.7 Å². The van der Waals surface area contributed by atoms with Crippen LogP contribution in [0, 0.1) is 5.92 Å². The van der Waals surface area contributed by atoms with E-state index in [-0.39, 0.29) is 24.4 Å². The average molecular weight is 245 g/mol. The molecular formula is C13H27NO3. The molecule has 0 aliphatic rings. The third-order valence-electron chi connectivity index (χ3n) is 2.43. The molecule has 0 spiro atoms. The molecule has 0 bridgehead atoms. The van der Waals surface area contributed by atoms with Crippen LogP contribution in [-0.2, 0) is 14.3 Å². The second kappa shape index (κ2) is 9.57. The molecule has 0 saturated carbocycles. The second-order valence-electron chi connectivity index (χ2n) is 4.90. The van der Waals surface area contributed by atoms with Crippen LogP contribution in [0.25, 0.3) is 0 Å². The molecule has 0 unspecified atom stereocenters. The SMILES string of the molecule is CC(C)OCCN(C)CCOCC(=O)C(C)C. The van der Waals surface area contributed by atoms with Crippen molar-refractivity contribution in [1.29, 1.82) is 0 Å². The van der Waals surface area contributed by atoms with Crippen LogP contribution in [0.15, 0.2) is 0 Å². The first-order chi connectivity index (χ1) is 7.93. The van der Waals surface area contributed by atoms with Crippen LogP contribution in [0.5, 0.6) is 0 Å². The summed E-state index contributed by atoms with van der Waals surface area (Å²) in [6, 6.07) is 0. The molecule has 0 aliphatic heterocycles. The Morgan fingerprint density at radius 2 is 1.71 bits per heavy atom. The molecule has 0 atom stereocenters. The highest BCUT2D eigenvalue weighted by molar-refractivity contribution is 5.81. The number of hydrogen-bond donors (Lipinski definition) is 0. The smallest absolute Gasteiger partial charge is 0.160 e. The van der Waals surface area contributed by atoms with Crippen LogP contribution in [0.2, 0.25) is 0 Å². The Hall–Kier alpha value is -0.450. The maximum atomic E-state index is 11.3. The first kappa shape index (κ1) is 16.6. The van der Waals surface area contributed by atoms with Gasteiger partial charge in [-0.1, -0.05) is 13.8 Å². The van der Waals surface area contributed by atoms with Gasteiger partial charge in [0, 0.05) is 19.0 Å². The summed E-state index contributed by atoms with van der Waals surface area (Å²) in [7, 11) is 2.03. The van der Waals surface area contributed by atoms with Gasteiger partial charge in [-0.3, -0.25) is 4.79 Å². The highest BCUT2D eigenvalue weighted by atomic mass is 16.5. The predicted octanol–water partition coefficient (Wildman–Crippen LogP) is 1.58. The zero-order chi connectivity index (χ0) is 13.3. The molecule has 0 heterocycles. The minimum Gasteiger partial charge on any atom is -0.377 e.